The lowest BCUT2D eigenvalue weighted by Gasteiger charge is -2.32. The van der Waals surface area contributed by atoms with Crippen molar-refractivity contribution in [3.63, 3.8) is 0 Å². The Labute approximate surface area is 107 Å². The van der Waals surface area contributed by atoms with E-state index in [1.54, 1.807) is 0 Å². The van der Waals surface area contributed by atoms with Gasteiger partial charge in [-0.15, -0.1) is 0 Å². The van der Waals surface area contributed by atoms with Gasteiger partial charge < -0.3 is 11.1 Å². The lowest BCUT2D eigenvalue weighted by atomic mass is 9.79. The van der Waals surface area contributed by atoms with E-state index in [-0.39, 0.29) is 11.3 Å². The third kappa shape index (κ3) is 4.66. The molecule has 0 saturated carbocycles. The molecule has 17 heavy (non-hydrogen) atoms. The molecule has 0 aliphatic carbocycles. The van der Waals surface area contributed by atoms with Crippen LogP contribution < -0.4 is 11.1 Å². The van der Waals surface area contributed by atoms with Gasteiger partial charge in [-0.2, -0.15) is 0 Å². The molecule has 0 saturated heterocycles. The molecule has 0 aromatic carbocycles. The summed E-state index contributed by atoms with van der Waals surface area (Å²) in [4.78, 5) is 12.0. The first-order valence-electron chi connectivity index (χ1n) is 6.94. The molecule has 3 nitrogen and oxygen atoms in total. The average Bonchev–Trinajstić information content (AvgIpc) is 2.31. The molecule has 0 spiro atoms. The first-order chi connectivity index (χ1) is 7.87. The van der Waals surface area contributed by atoms with Crippen molar-refractivity contribution in [2.45, 2.75) is 72.3 Å². The van der Waals surface area contributed by atoms with Gasteiger partial charge in [-0.1, -0.05) is 34.1 Å². The number of nitrogens with one attached hydrogen (secondary N) is 1. The van der Waals surface area contributed by atoms with Gasteiger partial charge in [-0.25, -0.2) is 0 Å². The van der Waals surface area contributed by atoms with Crippen LogP contribution in [0.25, 0.3) is 0 Å². The summed E-state index contributed by atoms with van der Waals surface area (Å²) in [6.45, 7) is 11.2. The van der Waals surface area contributed by atoms with Gasteiger partial charge in [0.1, 0.15) is 0 Å². The highest BCUT2D eigenvalue weighted by atomic mass is 16.2. The van der Waals surface area contributed by atoms with E-state index in [2.05, 4.69) is 26.1 Å². The Balaban J connectivity index is 4.40. The van der Waals surface area contributed by atoms with E-state index < -0.39 is 5.54 Å². The van der Waals surface area contributed by atoms with Gasteiger partial charge in [-0.05, 0) is 38.0 Å². The first kappa shape index (κ1) is 16.4. The van der Waals surface area contributed by atoms with Gasteiger partial charge >= 0.3 is 0 Å². The van der Waals surface area contributed by atoms with Crippen LogP contribution in [0.1, 0.15) is 66.7 Å². The lowest BCUT2D eigenvalue weighted by Crippen LogP contribution is -2.53. The Morgan fingerprint density at radius 1 is 1.12 bits per heavy atom. The molecule has 0 heterocycles. The quantitative estimate of drug-likeness (QED) is 0.687. The summed E-state index contributed by atoms with van der Waals surface area (Å²) in [6.07, 6.45) is 4.94. The molecule has 1 atom stereocenters. The predicted octanol–water partition coefficient (Wildman–Crippen LogP) is 2.84. The van der Waals surface area contributed by atoms with Crippen molar-refractivity contribution in [3.8, 4) is 0 Å². The second-order valence-electron chi connectivity index (χ2n) is 5.41. The van der Waals surface area contributed by atoms with Gasteiger partial charge in [0.15, 0.2) is 0 Å². The van der Waals surface area contributed by atoms with E-state index in [4.69, 9.17) is 5.73 Å². The van der Waals surface area contributed by atoms with E-state index in [1.165, 1.54) is 0 Å². The van der Waals surface area contributed by atoms with Crippen molar-refractivity contribution in [1.29, 1.82) is 0 Å². The molecular formula is C14H30N2O. The van der Waals surface area contributed by atoms with Crippen LogP contribution in [0.3, 0.4) is 0 Å². The highest BCUT2D eigenvalue weighted by molar-refractivity contribution is 5.85. The molecule has 0 radical (unpaired) electrons. The summed E-state index contributed by atoms with van der Waals surface area (Å²) in [6, 6.07) is 0. The van der Waals surface area contributed by atoms with E-state index in [0.29, 0.717) is 0 Å². The Kier molecular flexibility index (Phi) is 6.76. The predicted molar refractivity (Wildman–Crippen MR) is 73.8 cm³/mol. The normalized spacial score (nSPS) is 15.4. The number of hydrogen-bond acceptors (Lipinski definition) is 2. The Bertz CT molecular complexity index is 224. The van der Waals surface area contributed by atoms with Crippen molar-refractivity contribution in [1.82, 2.24) is 5.32 Å². The molecule has 1 amide bonds. The molecule has 3 heteroatoms. The number of carbonyl (C=O) groups is 1. The first-order valence-corrected chi connectivity index (χ1v) is 6.94. The summed E-state index contributed by atoms with van der Waals surface area (Å²) in [5, 5.41) is 3.04. The van der Waals surface area contributed by atoms with Crippen molar-refractivity contribution in [3.05, 3.63) is 0 Å². The topological polar surface area (TPSA) is 55.1 Å². The van der Waals surface area contributed by atoms with Crippen LogP contribution in [0.2, 0.25) is 0 Å². The average molecular weight is 242 g/mol. The molecule has 0 bridgehead atoms. The summed E-state index contributed by atoms with van der Waals surface area (Å²) in [5.74, 6) is -0.0147. The molecular weight excluding hydrogens is 212 g/mol. The molecule has 3 N–H and O–H groups in total. The number of rotatable bonds is 8. The SMILES string of the molecule is CCCC(C)(N)C(=O)NCC(CC)(CC)CC. The summed E-state index contributed by atoms with van der Waals surface area (Å²) < 4.78 is 0. The van der Waals surface area contributed by atoms with Crippen LogP contribution in [0, 0.1) is 5.41 Å². The third-order valence-electron chi connectivity index (χ3n) is 4.16. The van der Waals surface area contributed by atoms with Gasteiger partial charge in [0.25, 0.3) is 0 Å². The Hall–Kier alpha value is -0.570. The molecule has 0 aliphatic rings. The summed E-state index contributed by atoms with van der Waals surface area (Å²) in [5.41, 5.74) is 5.52. The van der Waals surface area contributed by atoms with Crippen molar-refractivity contribution < 1.29 is 4.79 Å². The second kappa shape index (κ2) is 7.00. The summed E-state index contributed by atoms with van der Waals surface area (Å²) >= 11 is 0. The minimum absolute atomic E-state index is 0.0147. The fourth-order valence-electron chi connectivity index (χ4n) is 2.23. The van der Waals surface area contributed by atoms with E-state index in [0.717, 1.165) is 38.6 Å². The maximum Gasteiger partial charge on any atom is 0.239 e. The minimum Gasteiger partial charge on any atom is -0.354 e. The van der Waals surface area contributed by atoms with Crippen LogP contribution in [-0.4, -0.2) is 18.0 Å². The number of carbonyl (C=O) groups excluding carboxylic acids is 1. The Morgan fingerprint density at radius 2 is 1.59 bits per heavy atom. The van der Waals surface area contributed by atoms with E-state index in [1.807, 2.05) is 13.8 Å². The van der Waals surface area contributed by atoms with Crippen molar-refractivity contribution in [2.75, 3.05) is 6.54 Å². The lowest BCUT2D eigenvalue weighted by molar-refractivity contribution is -0.126. The van der Waals surface area contributed by atoms with Crippen molar-refractivity contribution in [2.24, 2.45) is 11.1 Å². The zero-order valence-electron chi connectivity index (χ0n) is 12.2. The molecule has 0 fully saturated rings. The third-order valence-corrected chi connectivity index (χ3v) is 4.16. The van der Waals surface area contributed by atoms with Crippen LogP contribution in [0.5, 0.6) is 0 Å². The van der Waals surface area contributed by atoms with Crippen LogP contribution in [-0.2, 0) is 4.79 Å². The fourth-order valence-corrected chi connectivity index (χ4v) is 2.23. The maximum atomic E-state index is 12.0. The molecule has 0 aliphatic heterocycles. The molecule has 0 aromatic rings. The van der Waals surface area contributed by atoms with Crippen LogP contribution in [0.15, 0.2) is 0 Å². The van der Waals surface area contributed by atoms with Crippen LogP contribution in [0.4, 0.5) is 0 Å². The largest absolute Gasteiger partial charge is 0.354 e. The van der Waals surface area contributed by atoms with E-state index in [9.17, 15) is 4.79 Å². The van der Waals surface area contributed by atoms with Gasteiger partial charge in [0.05, 0.1) is 5.54 Å². The van der Waals surface area contributed by atoms with E-state index >= 15 is 0 Å². The number of nitrogens with two attached hydrogens (primary N) is 1. The monoisotopic (exact) mass is 242 g/mol. The minimum atomic E-state index is -0.726. The Morgan fingerprint density at radius 3 is 1.94 bits per heavy atom. The second-order valence-corrected chi connectivity index (χ2v) is 5.41. The van der Waals surface area contributed by atoms with Gasteiger partial charge in [0.2, 0.25) is 5.91 Å². The smallest absolute Gasteiger partial charge is 0.239 e. The highest BCUT2D eigenvalue weighted by Crippen LogP contribution is 2.29. The van der Waals surface area contributed by atoms with Crippen molar-refractivity contribution >= 4 is 5.91 Å². The number of hydrogen-bond donors (Lipinski definition) is 2. The zero-order valence-corrected chi connectivity index (χ0v) is 12.2. The highest BCUT2D eigenvalue weighted by Gasteiger charge is 2.30. The standard InChI is InChI=1S/C14H30N2O/c1-6-10-13(5,15)12(17)16-11-14(7-2,8-3)9-4/h6-11,15H2,1-5H3,(H,16,17). The molecule has 1 unspecified atom stereocenters. The molecule has 102 valence electrons. The van der Waals surface area contributed by atoms with Gasteiger partial charge in [-0.3, -0.25) is 4.79 Å². The molecule has 0 rings (SSSR count). The zero-order chi connectivity index (χ0) is 13.5. The molecule has 0 aromatic heterocycles. The number of amides is 1. The fraction of sp³-hybridized carbons (Fsp3) is 0.929. The van der Waals surface area contributed by atoms with Gasteiger partial charge in [0, 0.05) is 6.54 Å². The maximum absolute atomic E-state index is 12.0. The summed E-state index contributed by atoms with van der Waals surface area (Å²) in [7, 11) is 0. The van der Waals surface area contributed by atoms with Crippen LogP contribution >= 0.6 is 0 Å².